The van der Waals surface area contributed by atoms with Crippen LogP contribution in [0.2, 0.25) is 0 Å². The fourth-order valence-corrected chi connectivity index (χ4v) is 1.68. The van der Waals surface area contributed by atoms with E-state index in [0.717, 1.165) is 0 Å². The summed E-state index contributed by atoms with van der Waals surface area (Å²) in [4.78, 5) is -4.10. The van der Waals surface area contributed by atoms with Crippen molar-refractivity contribution in [3.05, 3.63) is 12.2 Å². The largest absolute Gasteiger partial charge is 0.363 e. The Morgan fingerprint density at radius 1 is 1.15 bits per heavy atom. The van der Waals surface area contributed by atoms with Crippen molar-refractivity contribution in [3.8, 4) is 0 Å². The first-order chi connectivity index (χ1) is 5.86. The molecule has 0 aliphatic heterocycles. The normalized spacial score (nSPS) is 24.8. The summed E-state index contributed by atoms with van der Waals surface area (Å²) in [5, 5.41) is 0. The van der Waals surface area contributed by atoms with Gasteiger partial charge in [-0.1, -0.05) is 12.2 Å². The molecule has 13 heavy (non-hydrogen) atoms. The standard InChI is InChI=1S/C8H9BrF4/c9-8(12,13)7(10,11)6-4-2-1-3-5-6/h1-2,6H,3-5H2. The number of allylic oxidation sites excluding steroid dienone is 2. The lowest BCUT2D eigenvalue weighted by molar-refractivity contribution is -0.183. The third-order valence-corrected chi connectivity index (χ3v) is 2.69. The minimum Gasteiger partial charge on any atom is -0.198 e. The summed E-state index contributed by atoms with van der Waals surface area (Å²) >= 11 is 1.73. The Hall–Kier alpha value is -0.0600. The van der Waals surface area contributed by atoms with Gasteiger partial charge in [-0.2, -0.15) is 17.6 Å². The summed E-state index contributed by atoms with van der Waals surface area (Å²) < 4.78 is 50.8. The van der Waals surface area contributed by atoms with E-state index >= 15 is 0 Å². The highest BCUT2D eigenvalue weighted by molar-refractivity contribution is 9.10. The third kappa shape index (κ3) is 2.24. The first-order valence-corrected chi connectivity index (χ1v) is 4.74. The van der Waals surface area contributed by atoms with Crippen LogP contribution >= 0.6 is 15.9 Å². The van der Waals surface area contributed by atoms with E-state index in [1.165, 1.54) is 6.08 Å². The second-order valence-electron chi connectivity index (χ2n) is 3.10. The number of hydrogen-bond acceptors (Lipinski definition) is 0. The number of hydrogen-bond donors (Lipinski definition) is 0. The van der Waals surface area contributed by atoms with Crippen molar-refractivity contribution in [3.63, 3.8) is 0 Å². The first-order valence-electron chi connectivity index (χ1n) is 3.95. The fraction of sp³-hybridized carbons (Fsp3) is 0.750. The van der Waals surface area contributed by atoms with Gasteiger partial charge in [-0.3, -0.25) is 0 Å². The summed E-state index contributed by atoms with van der Waals surface area (Å²) in [7, 11) is 0. The van der Waals surface area contributed by atoms with Crippen LogP contribution in [-0.2, 0) is 0 Å². The molecule has 0 fully saturated rings. The van der Waals surface area contributed by atoms with Gasteiger partial charge in [0, 0.05) is 5.92 Å². The highest BCUT2D eigenvalue weighted by atomic mass is 79.9. The Balaban J connectivity index is 2.74. The van der Waals surface area contributed by atoms with E-state index in [1.807, 2.05) is 0 Å². The average molecular weight is 261 g/mol. The molecule has 0 N–H and O–H groups in total. The molecule has 0 bridgehead atoms. The summed E-state index contributed by atoms with van der Waals surface area (Å²) in [5.74, 6) is -5.22. The molecule has 1 unspecified atom stereocenters. The summed E-state index contributed by atoms with van der Waals surface area (Å²) in [6, 6.07) is 0. The molecule has 0 aromatic rings. The molecule has 0 heterocycles. The van der Waals surface area contributed by atoms with Gasteiger partial charge in [0.25, 0.3) is 0 Å². The van der Waals surface area contributed by atoms with E-state index in [9.17, 15) is 17.6 Å². The van der Waals surface area contributed by atoms with Gasteiger partial charge < -0.3 is 0 Å². The summed E-state index contributed by atoms with van der Waals surface area (Å²) in [5.41, 5.74) is 0. The molecule has 0 aromatic carbocycles. The summed E-state index contributed by atoms with van der Waals surface area (Å²) in [6.45, 7) is 0. The van der Waals surface area contributed by atoms with E-state index in [2.05, 4.69) is 0 Å². The van der Waals surface area contributed by atoms with Crippen molar-refractivity contribution in [1.29, 1.82) is 0 Å². The monoisotopic (exact) mass is 260 g/mol. The second kappa shape index (κ2) is 3.59. The zero-order valence-electron chi connectivity index (χ0n) is 6.74. The lowest BCUT2D eigenvalue weighted by Gasteiger charge is -2.30. The van der Waals surface area contributed by atoms with Gasteiger partial charge >= 0.3 is 10.8 Å². The van der Waals surface area contributed by atoms with Crippen LogP contribution in [0.15, 0.2) is 12.2 Å². The molecule has 0 saturated heterocycles. The Bertz CT molecular complexity index is 207. The number of rotatable bonds is 2. The van der Waals surface area contributed by atoms with Crippen LogP contribution in [0.4, 0.5) is 17.6 Å². The van der Waals surface area contributed by atoms with E-state index in [4.69, 9.17) is 0 Å². The lowest BCUT2D eigenvalue weighted by atomic mass is 9.89. The minimum atomic E-state index is -4.10. The molecule has 0 saturated carbocycles. The molecule has 0 spiro atoms. The predicted molar refractivity (Wildman–Crippen MR) is 45.3 cm³/mol. The molecule has 0 nitrogen and oxygen atoms in total. The molecular weight excluding hydrogens is 252 g/mol. The van der Waals surface area contributed by atoms with Crippen LogP contribution in [0.1, 0.15) is 19.3 Å². The molecule has 76 valence electrons. The van der Waals surface area contributed by atoms with Gasteiger partial charge in [0.1, 0.15) is 0 Å². The Morgan fingerprint density at radius 3 is 2.15 bits per heavy atom. The lowest BCUT2D eigenvalue weighted by Crippen LogP contribution is -2.42. The van der Waals surface area contributed by atoms with Crippen molar-refractivity contribution in [2.45, 2.75) is 30.0 Å². The smallest absolute Gasteiger partial charge is 0.198 e. The van der Waals surface area contributed by atoms with Gasteiger partial charge in [-0.05, 0) is 35.2 Å². The number of alkyl halides is 5. The Labute approximate surface area is 82.1 Å². The SMILES string of the molecule is FC(F)(Br)C(F)(F)C1CC=CCC1. The Morgan fingerprint density at radius 2 is 1.77 bits per heavy atom. The summed E-state index contributed by atoms with van der Waals surface area (Å²) in [6.07, 6.45) is 3.85. The van der Waals surface area contributed by atoms with Crippen LogP contribution in [0.5, 0.6) is 0 Å². The molecule has 1 aliphatic carbocycles. The highest BCUT2D eigenvalue weighted by Crippen LogP contribution is 2.47. The maximum atomic E-state index is 13.0. The van der Waals surface area contributed by atoms with Crippen LogP contribution in [-0.4, -0.2) is 10.8 Å². The van der Waals surface area contributed by atoms with Gasteiger partial charge in [-0.25, -0.2) is 0 Å². The van der Waals surface area contributed by atoms with E-state index in [-0.39, 0.29) is 12.8 Å². The zero-order chi connectivity index (χ0) is 10.1. The number of halogens is 5. The highest BCUT2D eigenvalue weighted by Gasteiger charge is 2.58. The maximum Gasteiger partial charge on any atom is 0.363 e. The van der Waals surface area contributed by atoms with Gasteiger partial charge in [0.15, 0.2) is 0 Å². The zero-order valence-corrected chi connectivity index (χ0v) is 8.33. The molecule has 0 aromatic heterocycles. The van der Waals surface area contributed by atoms with E-state index in [0.29, 0.717) is 6.42 Å². The molecule has 0 radical (unpaired) electrons. The van der Waals surface area contributed by atoms with Crippen LogP contribution in [0.3, 0.4) is 0 Å². The second-order valence-corrected chi connectivity index (χ2v) is 4.10. The first kappa shape index (κ1) is 11.0. The van der Waals surface area contributed by atoms with Crippen LogP contribution in [0.25, 0.3) is 0 Å². The molecule has 0 amide bonds. The van der Waals surface area contributed by atoms with Crippen LogP contribution in [0, 0.1) is 5.92 Å². The molecule has 1 rings (SSSR count). The van der Waals surface area contributed by atoms with Gasteiger partial charge in [-0.15, -0.1) is 0 Å². The van der Waals surface area contributed by atoms with Crippen molar-refractivity contribution < 1.29 is 17.6 Å². The van der Waals surface area contributed by atoms with E-state index in [1.54, 1.807) is 22.0 Å². The average Bonchev–Trinajstić information content (AvgIpc) is 2.04. The minimum absolute atomic E-state index is 0.0220. The molecule has 5 heteroatoms. The molecule has 1 atom stereocenters. The van der Waals surface area contributed by atoms with Crippen molar-refractivity contribution in [1.82, 2.24) is 0 Å². The fourth-order valence-electron chi connectivity index (χ4n) is 1.35. The van der Waals surface area contributed by atoms with Crippen LogP contribution < -0.4 is 0 Å². The quantitative estimate of drug-likeness (QED) is 0.401. The third-order valence-electron chi connectivity index (χ3n) is 2.16. The predicted octanol–water partition coefficient (Wildman–Crippen LogP) is 3.97. The molecular formula is C8H9BrF4. The van der Waals surface area contributed by atoms with Crippen molar-refractivity contribution >= 4 is 15.9 Å². The topological polar surface area (TPSA) is 0 Å². The van der Waals surface area contributed by atoms with Gasteiger partial charge in [0.2, 0.25) is 0 Å². The maximum absolute atomic E-state index is 13.0. The Kier molecular flexibility index (Phi) is 3.05. The van der Waals surface area contributed by atoms with Crippen molar-refractivity contribution in [2.24, 2.45) is 5.92 Å². The molecule has 1 aliphatic rings. The van der Waals surface area contributed by atoms with E-state index < -0.39 is 16.7 Å². The van der Waals surface area contributed by atoms with Gasteiger partial charge in [0.05, 0.1) is 0 Å². The van der Waals surface area contributed by atoms with Crippen molar-refractivity contribution in [2.75, 3.05) is 0 Å².